The molecule has 0 aromatic rings. The molecule has 8 atom stereocenters. The van der Waals surface area contributed by atoms with Crippen LogP contribution in [0.5, 0.6) is 0 Å². The molecule has 0 amide bonds. The lowest BCUT2D eigenvalue weighted by Crippen LogP contribution is -2.34. The molecule has 1 aliphatic heterocycles. The fraction of sp³-hybridized carbons (Fsp3) is 1.00. The Labute approximate surface area is 170 Å². The fourth-order valence-electron chi connectivity index (χ4n) is 3.50. The Morgan fingerprint density at radius 2 is 1.82 bits per heavy atom. The molecular weight excluding hydrogens is 385 g/mol. The second-order valence-corrected chi connectivity index (χ2v) is 9.36. The highest BCUT2D eigenvalue weighted by atomic mass is 31.2. The third-order valence-electron chi connectivity index (χ3n) is 4.82. The van der Waals surface area contributed by atoms with Crippen molar-refractivity contribution in [1.29, 1.82) is 0 Å². The summed E-state index contributed by atoms with van der Waals surface area (Å²) in [6.45, 7) is 7.33. The van der Waals surface area contributed by atoms with Crippen molar-refractivity contribution in [2.45, 2.75) is 89.0 Å². The molecule has 4 unspecified atom stereocenters. The number of ether oxygens (including phenoxy) is 3. The topological polar surface area (TPSA) is 107 Å². The Hall–Kier alpha value is 0.0799. The fourth-order valence-corrected chi connectivity index (χ4v) is 4.47. The number of phosphoric acid groups is 1. The summed E-state index contributed by atoms with van der Waals surface area (Å²) in [6, 6.07) is -0.635. The molecule has 11 heteroatoms. The number of hydrogen-bond acceptors (Lipinski definition) is 8. The summed E-state index contributed by atoms with van der Waals surface area (Å²) < 4.78 is 39.3. The first-order valence-electron chi connectivity index (χ1n) is 9.74. The highest BCUT2D eigenvalue weighted by Crippen LogP contribution is 2.46. The minimum absolute atomic E-state index is 0.0395. The van der Waals surface area contributed by atoms with E-state index in [2.05, 4.69) is 0 Å². The van der Waals surface area contributed by atoms with Crippen LogP contribution in [0.4, 0.5) is 0 Å². The third kappa shape index (κ3) is 7.10. The maximum Gasteiger partial charge on any atom is 0.268 e. The maximum absolute atomic E-state index is 12.3. The van der Waals surface area contributed by atoms with E-state index in [-0.39, 0.29) is 37.9 Å². The Bertz CT molecular complexity index is 535. The van der Waals surface area contributed by atoms with Crippen LogP contribution in [0.2, 0.25) is 5.82 Å². The quantitative estimate of drug-likeness (QED) is 0.411. The number of aliphatic hydroxyl groups is 1. The molecule has 0 bridgehead atoms. The molecular formula is C17H30B2O8P-. The van der Waals surface area contributed by atoms with Crippen molar-refractivity contribution < 1.29 is 37.8 Å². The van der Waals surface area contributed by atoms with Gasteiger partial charge in [-0.1, -0.05) is 0 Å². The lowest BCUT2D eigenvalue weighted by molar-refractivity contribution is -0.233. The van der Waals surface area contributed by atoms with Gasteiger partial charge < -0.3 is 33.3 Å². The van der Waals surface area contributed by atoms with Crippen molar-refractivity contribution in [3.63, 3.8) is 0 Å². The molecule has 1 N–H and O–H groups in total. The molecule has 0 spiro atoms. The van der Waals surface area contributed by atoms with E-state index in [4.69, 9.17) is 39.0 Å². The summed E-state index contributed by atoms with van der Waals surface area (Å²) >= 11 is 0. The molecule has 28 heavy (non-hydrogen) atoms. The van der Waals surface area contributed by atoms with Crippen LogP contribution < -0.4 is 4.89 Å². The van der Waals surface area contributed by atoms with E-state index in [0.717, 1.165) is 0 Å². The van der Waals surface area contributed by atoms with Gasteiger partial charge in [0.25, 0.3) is 7.82 Å². The number of hydrogen-bond donors (Lipinski definition) is 1. The molecule has 1 aliphatic carbocycles. The lowest BCUT2D eigenvalue weighted by atomic mass is 9.83. The molecule has 4 radical (unpaired) electrons. The number of phosphoric ester groups is 1. The van der Waals surface area contributed by atoms with E-state index in [9.17, 15) is 14.6 Å². The van der Waals surface area contributed by atoms with Crippen molar-refractivity contribution in [3.8, 4) is 0 Å². The summed E-state index contributed by atoms with van der Waals surface area (Å²) in [7, 11) is 6.99. The molecule has 158 valence electrons. The van der Waals surface area contributed by atoms with Crippen molar-refractivity contribution in [2.24, 2.45) is 5.92 Å². The summed E-state index contributed by atoms with van der Waals surface area (Å²) in [4.78, 5) is 12.3. The summed E-state index contributed by atoms with van der Waals surface area (Å²) in [5.74, 6) is -1.06. The zero-order valence-corrected chi connectivity index (χ0v) is 17.8. The second-order valence-electron chi connectivity index (χ2n) is 7.99. The van der Waals surface area contributed by atoms with Crippen molar-refractivity contribution in [3.05, 3.63) is 0 Å². The normalized spacial score (nSPS) is 38.4. The van der Waals surface area contributed by atoms with Gasteiger partial charge >= 0.3 is 0 Å². The van der Waals surface area contributed by atoms with Gasteiger partial charge in [-0.2, -0.15) is 0 Å². The average Bonchev–Trinajstić information content (AvgIpc) is 3.02. The molecule has 1 saturated heterocycles. The zero-order chi connectivity index (χ0) is 21.1. The maximum atomic E-state index is 12.3. The van der Waals surface area contributed by atoms with Crippen LogP contribution in [0, 0.1) is 5.92 Å². The van der Waals surface area contributed by atoms with Gasteiger partial charge in [-0.15, -0.1) is 0 Å². The Balaban J connectivity index is 1.92. The molecule has 0 aromatic carbocycles. The van der Waals surface area contributed by atoms with Crippen LogP contribution in [-0.4, -0.2) is 76.6 Å². The van der Waals surface area contributed by atoms with E-state index >= 15 is 0 Å². The molecule has 1 saturated carbocycles. The second kappa shape index (κ2) is 10.4. The summed E-state index contributed by atoms with van der Waals surface area (Å²) in [5, 5.41) is 10.2. The van der Waals surface area contributed by atoms with Gasteiger partial charge in [0.15, 0.2) is 0 Å². The van der Waals surface area contributed by atoms with Crippen molar-refractivity contribution in [1.82, 2.24) is 0 Å². The van der Waals surface area contributed by atoms with E-state index in [0.29, 0.717) is 6.42 Å². The van der Waals surface area contributed by atoms with Crippen LogP contribution in [0.25, 0.3) is 0 Å². The number of aliphatic hydroxyl groups excluding tert-OH is 1. The van der Waals surface area contributed by atoms with Crippen LogP contribution in [0.15, 0.2) is 0 Å². The zero-order valence-electron chi connectivity index (χ0n) is 16.9. The third-order valence-corrected chi connectivity index (χ3v) is 5.81. The van der Waals surface area contributed by atoms with E-state index in [1.54, 1.807) is 0 Å². The Morgan fingerprint density at radius 3 is 2.43 bits per heavy atom. The number of rotatable bonds is 10. The van der Waals surface area contributed by atoms with Crippen LogP contribution in [0.3, 0.4) is 0 Å². The first-order valence-corrected chi connectivity index (χ1v) is 11.2. The van der Waals surface area contributed by atoms with Gasteiger partial charge in [-0.25, -0.2) is 0 Å². The molecule has 2 fully saturated rings. The van der Waals surface area contributed by atoms with Gasteiger partial charge in [0, 0.05) is 11.9 Å². The van der Waals surface area contributed by atoms with Crippen molar-refractivity contribution >= 4 is 23.5 Å². The standard InChI is InChI=1S/C17H31B2O8P/c1-9(2)23-8-15-14(6-16(19)26-15)27-28(21,22)24-7-11-13(25-10(3)4)5-12(18)17(11)20/h9-17,20H,5-8H2,1-4H3,(H,21,22)/p-1/t11-,12+,13?,14?,15-,16-,17?/m1/s1. The monoisotopic (exact) mass is 415 g/mol. The smallest absolute Gasteiger partial charge is 0.268 e. The van der Waals surface area contributed by atoms with Gasteiger partial charge in [-0.05, 0) is 46.4 Å². The molecule has 8 nitrogen and oxygen atoms in total. The first-order chi connectivity index (χ1) is 13.0. The Morgan fingerprint density at radius 1 is 1.14 bits per heavy atom. The SMILES string of the molecule is [B][C@H]1CC(OP(=O)([O-])OC[C@@H]2C(OC(C)C)C[C@H]([B])C2O)[C@@H](COC(C)C)O1. The van der Waals surface area contributed by atoms with Crippen LogP contribution in [0.1, 0.15) is 40.5 Å². The minimum atomic E-state index is -4.66. The predicted octanol–water partition coefficient (Wildman–Crippen LogP) is 0.696. The van der Waals surface area contributed by atoms with E-state index in [1.165, 1.54) is 0 Å². The molecule has 2 aliphatic rings. The first kappa shape index (κ1) is 24.4. The predicted molar refractivity (Wildman–Crippen MR) is 102 cm³/mol. The van der Waals surface area contributed by atoms with E-state index < -0.39 is 43.9 Å². The summed E-state index contributed by atoms with van der Waals surface area (Å²) in [6.07, 6.45) is -2.20. The summed E-state index contributed by atoms with van der Waals surface area (Å²) in [5.41, 5.74) is 0. The van der Waals surface area contributed by atoms with Gasteiger partial charge in [0.1, 0.15) is 14.0 Å². The lowest BCUT2D eigenvalue weighted by Gasteiger charge is -2.31. The molecule has 0 aromatic heterocycles. The minimum Gasteiger partial charge on any atom is -0.756 e. The highest BCUT2D eigenvalue weighted by molar-refractivity contribution is 7.45. The van der Waals surface area contributed by atoms with Crippen LogP contribution >= 0.6 is 7.82 Å². The highest BCUT2D eigenvalue weighted by Gasteiger charge is 2.42. The van der Waals surface area contributed by atoms with Gasteiger partial charge in [0.05, 0.1) is 51.6 Å². The Kier molecular flexibility index (Phi) is 9.05. The average molecular weight is 415 g/mol. The largest absolute Gasteiger partial charge is 0.756 e. The van der Waals surface area contributed by atoms with Crippen molar-refractivity contribution in [2.75, 3.05) is 13.2 Å². The van der Waals surface area contributed by atoms with Gasteiger partial charge in [0.2, 0.25) is 0 Å². The molecule has 2 rings (SSSR count). The molecule has 1 heterocycles. The van der Waals surface area contributed by atoms with E-state index in [1.807, 2.05) is 27.7 Å². The van der Waals surface area contributed by atoms with Crippen LogP contribution in [-0.2, 0) is 27.8 Å². The van der Waals surface area contributed by atoms with Gasteiger partial charge in [-0.3, -0.25) is 4.57 Å².